The zero-order valence-electron chi connectivity index (χ0n) is 15.6. The zero-order chi connectivity index (χ0) is 19.2. The van der Waals surface area contributed by atoms with Crippen molar-refractivity contribution in [1.82, 2.24) is 4.90 Å². The van der Waals surface area contributed by atoms with Crippen LogP contribution >= 0.6 is 0 Å². The third-order valence-electron chi connectivity index (χ3n) is 5.45. The van der Waals surface area contributed by atoms with Gasteiger partial charge in [-0.1, -0.05) is 42.0 Å². The number of carbonyl (C=O) groups is 1. The average Bonchev–Trinajstić information content (AvgIpc) is 2.90. The topological polar surface area (TPSA) is 57.7 Å². The highest BCUT2D eigenvalue weighted by molar-refractivity contribution is 7.91. The number of aryl methyl sites for hydroxylation is 2. The molecule has 4 rings (SSSR count). The first kappa shape index (κ1) is 18.2. The summed E-state index contributed by atoms with van der Waals surface area (Å²) in [5.41, 5.74) is 4.12. The lowest BCUT2D eigenvalue weighted by Gasteiger charge is -2.43. The first-order valence-corrected chi connectivity index (χ1v) is 11.0. The van der Waals surface area contributed by atoms with E-state index in [0.29, 0.717) is 6.54 Å². The summed E-state index contributed by atoms with van der Waals surface area (Å²) in [6.07, 6.45) is 0. The molecule has 2 aliphatic heterocycles. The Labute approximate surface area is 160 Å². The van der Waals surface area contributed by atoms with Crippen LogP contribution in [-0.2, 0) is 21.2 Å². The van der Waals surface area contributed by atoms with E-state index in [0.717, 1.165) is 22.4 Å². The van der Waals surface area contributed by atoms with Crippen LogP contribution in [0.3, 0.4) is 0 Å². The number of amides is 1. The Bertz CT molecular complexity index is 986. The normalized spacial score (nSPS) is 24.8. The van der Waals surface area contributed by atoms with Crippen molar-refractivity contribution in [3.05, 3.63) is 65.2 Å². The maximum Gasteiger partial charge on any atom is 0.241 e. The summed E-state index contributed by atoms with van der Waals surface area (Å²) in [6, 6.07) is 15.4. The fourth-order valence-corrected chi connectivity index (χ4v) is 6.27. The van der Waals surface area contributed by atoms with Gasteiger partial charge in [-0.3, -0.25) is 9.69 Å². The minimum Gasteiger partial charge on any atom is -0.306 e. The Hall–Kier alpha value is -2.18. The molecule has 2 fully saturated rings. The minimum atomic E-state index is -3.17. The van der Waals surface area contributed by atoms with E-state index in [1.165, 1.54) is 0 Å². The lowest BCUT2D eigenvalue weighted by Crippen LogP contribution is -2.61. The van der Waals surface area contributed by atoms with Crippen LogP contribution in [0.5, 0.6) is 0 Å². The lowest BCUT2D eigenvalue weighted by atomic mass is 10.0. The molecule has 0 radical (unpaired) electrons. The number of fused-ring (bicyclic) bond motifs is 1. The molecule has 0 spiro atoms. The first-order valence-electron chi connectivity index (χ1n) is 9.21. The SMILES string of the molecule is Cc1cccc(CN2CC(=O)N(c3cccc(C)c3)[C@@H]3CS(=O)(=O)C[C@@H]32)c1. The van der Waals surface area contributed by atoms with Crippen LogP contribution in [0.4, 0.5) is 5.69 Å². The van der Waals surface area contributed by atoms with Gasteiger partial charge in [0.2, 0.25) is 5.91 Å². The van der Waals surface area contributed by atoms with Gasteiger partial charge in [0.05, 0.1) is 24.1 Å². The number of anilines is 1. The molecule has 2 heterocycles. The van der Waals surface area contributed by atoms with Gasteiger partial charge >= 0.3 is 0 Å². The molecule has 142 valence electrons. The van der Waals surface area contributed by atoms with Crippen LogP contribution in [0.1, 0.15) is 16.7 Å². The predicted molar refractivity (Wildman–Crippen MR) is 106 cm³/mol. The fraction of sp³-hybridized carbons (Fsp3) is 0.381. The number of sulfone groups is 1. The van der Waals surface area contributed by atoms with Crippen molar-refractivity contribution in [3.63, 3.8) is 0 Å². The summed E-state index contributed by atoms with van der Waals surface area (Å²) in [5.74, 6) is 0.104. The van der Waals surface area contributed by atoms with E-state index >= 15 is 0 Å². The molecule has 5 nitrogen and oxygen atoms in total. The molecule has 0 aromatic heterocycles. The molecule has 0 N–H and O–H groups in total. The second-order valence-corrected chi connectivity index (χ2v) is 9.86. The molecule has 2 aliphatic rings. The monoisotopic (exact) mass is 384 g/mol. The maximum atomic E-state index is 13.0. The molecule has 2 aromatic rings. The Balaban J connectivity index is 1.68. The van der Waals surface area contributed by atoms with Gasteiger partial charge in [0, 0.05) is 18.3 Å². The van der Waals surface area contributed by atoms with Crippen molar-refractivity contribution in [2.24, 2.45) is 0 Å². The molecule has 0 unspecified atom stereocenters. The Morgan fingerprint density at radius 2 is 1.63 bits per heavy atom. The number of piperazine rings is 1. The van der Waals surface area contributed by atoms with Crippen molar-refractivity contribution < 1.29 is 13.2 Å². The summed E-state index contributed by atoms with van der Waals surface area (Å²) in [4.78, 5) is 16.8. The van der Waals surface area contributed by atoms with Crippen molar-refractivity contribution in [2.75, 3.05) is 23.0 Å². The molecule has 2 aromatic carbocycles. The summed E-state index contributed by atoms with van der Waals surface area (Å²) in [6.45, 7) is 4.84. The summed E-state index contributed by atoms with van der Waals surface area (Å²) >= 11 is 0. The van der Waals surface area contributed by atoms with Crippen molar-refractivity contribution in [2.45, 2.75) is 32.5 Å². The van der Waals surface area contributed by atoms with Crippen molar-refractivity contribution >= 4 is 21.4 Å². The number of hydrogen-bond acceptors (Lipinski definition) is 4. The highest BCUT2D eigenvalue weighted by Gasteiger charge is 2.49. The van der Waals surface area contributed by atoms with Gasteiger partial charge in [0.15, 0.2) is 9.84 Å². The largest absolute Gasteiger partial charge is 0.306 e. The fourth-order valence-electron chi connectivity index (χ4n) is 4.29. The number of rotatable bonds is 3. The van der Waals surface area contributed by atoms with Gasteiger partial charge < -0.3 is 4.90 Å². The molecule has 2 atom stereocenters. The third-order valence-corrected chi connectivity index (χ3v) is 7.15. The van der Waals surface area contributed by atoms with Crippen LogP contribution in [-0.4, -0.2) is 49.4 Å². The quantitative estimate of drug-likeness (QED) is 0.815. The number of benzene rings is 2. The Morgan fingerprint density at radius 1 is 0.963 bits per heavy atom. The summed E-state index contributed by atoms with van der Waals surface area (Å²) in [7, 11) is -3.17. The van der Waals surface area contributed by atoms with Gasteiger partial charge in [0.25, 0.3) is 0 Å². The van der Waals surface area contributed by atoms with Gasteiger partial charge in [0.1, 0.15) is 0 Å². The minimum absolute atomic E-state index is 0.0294. The average molecular weight is 385 g/mol. The molecular weight excluding hydrogens is 360 g/mol. The van der Waals surface area contributed by atoms with Crippen LogP contribution in [0.25, 0.3) is 0 Å². The molecular formula is C21H24N2O3S. The Morgan fingerprint density at radius 3 is 2.33 bits per heavy atom. The van der Waals surface area contributed by atoms with Crippen LogP contribution in [0.15, 0.2) is 48.5 Å². The first-order chi connectivity index (χ1) is 12.8. The maximum absolute atomic E-state index is 13.0. The molecule has 6 heteroatoms. The number of nitrogens with zero attached hydrogens (tertiary/aromatic N) is 2. The van der Waals surface area contributed by atoms with E-state index in [2.05, 4.69) is 6.07 Å². The van der Waals surface area contributed by atoms with Crippen molar-refractivity contribution in [3.8, 4) is 0 Å². The van der Waals surface area contributed by atoms with Gasteiger partial charge in [-0.2, -0.15) is 0 Å². The molecule has 27 heavy (non-hydrogen) atoms. The molecule has 0 bridgehead atoms. The molecule has 2 saturated heterocycles. The standard InChI is InChI=1S/C21H24N2O3S/c1-15-5-3-7-17(9-15)11-22-12-21(24)23(18-8-4-6-16(2)10-18)20-14-27(25,26)13-19(20)22/h3-10,19-20H,11-14H2,1-2H3/t19-,20+/m0/s1. The smallest absolute Gasteiger partial charge is 0.241 e. The summed E-state index contributed by atoms with van der Waals surface area (Å²) in [5, 5.41) is 0. The van der Waals surface area contributed by atoms with Gasteiger partial charge in [-0.25, -0.2) is 8.42 Å². The van der Waals surface area contributed by atoms with E-state index < -0.39 is 9.84 Å². The van der Waals surface area contributed by atoms with Crippen LogP contribution in [0, 0.1) is 13.8 Å². The van der Waals surface area contributed by atoms with E-state index in [4.69, 9.17) is 0 Å². The molecule has 0 saturated carbocycles. The van der Waals surface area contributed by atoms with E-state index in [1.807, 2.05) is 61.2 Å². The highest BCUT2D eigenvalue weighted by atomic mass is 32.2. The van der Waals surface area contributed by atoms with E-state index in [1.54, 1.807) is 4.90 Å². The van der Waals surface area contributed by atoms with Gasteiger partial charge in [-0.15, -0.1) is 0 Å². The Kier molecular flexibility index (Phi) is 4.56. The van der Waals surface area contributed by atoms with Gasteiger partial charge in [-0.05, 0) is 37.1 Å². The van der Waals surface area contributed by atoms with Crippen LogP contribution < -0.4 is 4.90 Å². The second kappa shape index (κ2) is 6.77. The van der Waals surface area contributed by atoms with Crippen LogP contribution in [0.2, 0.25) is 0 Å². The van der Waals surface area contributed by atoms with Crippen molar-refractivity contribution in [1.29, 1.82) is 0 Å². The third kappa shape index (κ3) is 3.64. The molecule has 1 amide bonds. The zero-order valence-corrected chi connectivity index (χ0v) is 16.4. The molecule has 0 aliphatic carbocycles. The summed E-state index contributed by atoms with van der Waals surface area (Å²) < 4.78 is 24.9. The predicted octanol–water partition coefficient (Wildman–Crippen LogP) is 2.32. The highest BCUT2D eigenvalue weighted by Crippen LogP contribution is 2.32. The van der Waals surface area contributed by atoms with E-state index in [-0.39, 0.29) is 36.0 Å². The lowest BCUT2D eigenvalue weighted by molar-refractivity contribution is -0.123. The second-order valence-electron chi connectivity index (χ2n) is 7.71. The number of hydrogen-bond donors (Lipinski definition) is 0. The number of carbonyl (C=O) groups excluding carboxylic acids is 1. The van der Waals surface area contributed by atoms with E-state index in [9.17, 15) is 13.2 Å².